The van der Waals surface area contributed by atoms with Gasteiger partial charge in [-0.2, -0.15) is 0 Å². The van der Waals surface area contributed by atoms with E-state index in [1.807, 2.05) is 48.5 Å². The number of benzene rings is 6. The molecule has 6 rings (SSSR count). The second-order valence-electron chi connectivity index (χ2n) is 17.4. The van der Waals surface area contributed by atoms with Crippen LogP contribution in [0.15, 0.2) is 121 Å². The Bertz CT molecular complexity index is 2400. The lowest BCUT2D eigenvalue weighted by molar-refractivity contribution is -0.133. The minimum absolute atomic E-state index is 0.146. The van der Waals surface area contributed by atoms with Gasteiger partial charge in [-0.1, -0.05) is 171 Å². The molecular formula is C58H68O6S. The summed E-state index contributed by atoms with van der Waals surface area (Å²) in [4.78, 5) is 27.1. The fourth-order valence-corrected chi connectivity index (χ4v) is 8.46. The average Bonchev–Trinajstić information content (AvgIpc) is 3.31. The van der Waals surface area contributed by atoms with Crippen LogP contribution in [-0.2, 0) is 17.6 Å². The molecule has 0 radical (unpaired) electrons. The SMILES string of the molecule is CCCCCCCCCCCCCC(=S)Cc1ccc2cc(Oc3ccc(OC(=O)c4ccc5cc(OC(=O)Cc6ccc(OCCCCCCCC)cc6)ccc5c4)cc3)ccc2c1. The molecule has 0 aromatic heterocycles. The van der Waals surface area contributed by atoms with E-state index < -0.39 is 5.97 Å². The largest absolute Gasteiger partial charge is 0.494 e. The van der Waals surface area contributed by atoms with Crippen LogP contribution in [0.25, 0.3) is 21.5 Å². The second kappa shape index (κ2) is 27.1. The van der Waals surface area contributed by atoms with Crippen LogP contribution in [0.5, 0.6) is 28.7 Å². The first kappa shape index (κ1) is 48.9. The number of fused-ring (bicyclic) bond motifs is 2. The van der Waals surface area contributed by atoms with Crippen molar-refractivity contribution in [3.05, 3.63) is 138 Å². The smallest absolute Gasteiger partial charge is 0.343 e. The Morgan fingerprint density at radius 2 is 0.923 bits per heavy atom. The first-order chi connectivity index (χ1) is 31.8. The van der Waals surface area contributed by atoms with Crippen molar-refractivity contribution in [2.24, 2.45) is 0 Å². The molecule has 7 heteroatoms. The number of thiocarbonyl (C=S) groups is 1. The molecule has 0 spiro atoms. The molecular weight excluding hydrogens is 825 g/mol. The summed E-state index contributed by atoms with van der Waals surface area (Å²) >= 11 is 5.78. The van der Waals surface area contributed by atoms with Crippen LogP contribution in [0.1, 0.15) is 151 Å². The summed E-state index contributed by atoms with van der Waals surface area (Å²) in [6.45, 7) is 5.20. The van der Waals surface area contributed by atoms with Crippen LogP contribution in [0.2, 0.25) is 0 Å². The maximum atomic E-state index is 13.1. The summed E-state index contributed by atoms with van der Waals surface area (Å²) in [6.07, 6.45) is 24.1. The quantitative estimate of drug-likeness (QED) is 0.0201. The summed E-state index contributed by atoms with van der Waals surface area (Å²) in [5, 5.41) is 3.92. The van der Waals surface area contributed by atoms with Crippen molar-refractivity contribution in [2.45, 2.75) is 142 Å². The van der Waals surface area contributed by atoms with Crippen molar-refractivity contribution in [2.75, 3.05) is 6.61 Å². The van der Waals surface area contributed by atoms with Gasteiger partial charge in [0.25, 0.3) is 0 Å². The topological polar surface area (TPSA) is 71.1 Å². The normalized spacial score (nSPS) is 11.2. The number of unbranched alkanes of at least 4 members (excludes halogenated alkanes) is 15. The lowest BCUT2D eigenvalue weighted by Gasteiger charge is -2.10. The number of hydrogen-bond acceptors (Lipinski definition) is 7. The van der Waals surface area contributed by atoms with Gasteiger partial charge in [-0.25, -0.2) is 4.79 Å². The fourth-order valence-electron chi connectivity index (χ4n) is 8.15. The molecule has 6 nitrogen and oxygen atoms in total. The Morgan fingerprint density at radius 1 is 0.431 bits per heavy atom. The molecule has 0 unspecified atom stereocenters. The van der Waals surface area contributed by atoms with Crippen molar-refractivity contribution in [3.63, 3.8) is 0 Å². The average molecular weight is 893 g/mol. The van der Waals surface area contributed by atoms with Gasteiger partial charge in [-0.05, 0) is 130 Å². The highest BCUT2D eigenvalue weighted by molar-refractivity contribution is 7.80. The minimum Gasteiger partial charge on any atom is -0.494 e. The van der Waals surface area contributed by atoms with Crippen molar-refractivity contribution < 1.29 is 28.5 Å². The summed E-state index contributed by atoms with van der Waals surface area (Å²) in [6, 6.07) is 37.9. The zero-order valence-electron chi connectivity index (χ0n) is 38.8. The van der Waals surface area contributed by atoms with E-state index >= 15 is 0 Å². The molecule has 0 saturated heterocycles. The molecule has 0 bridgehead atoms. The van der Waals surface area contributed by atoms with Gasteiger partial charge < -0.3 is 18.9 Å². The summed E-state index contributed by atoms with van der Waals surface area (Å²) < 4.78 is 23.4. The van der Waals surface area contributed by atoms with Crippen LogP contribution < -0.4 is 18.9 Å². The molecule has 6 aromatic carbocycles. The third-order valence-electron chi connectivity index (χ3n) is 11.9. The van der Waals surface area contributed by atoms with Crippen molar-refractivity contribution in [1.29, 1.82) is 0 Å². The first-order valence-electron chi connectivity index (χ1n) is 24.4. The zero-order valence-corrected chi connectivity index (χ0v) is 39.6. The van der Waals surface area contributed by atoms with E-state index in [-0.39, 0.29) is 12.4 Å². The van der Waals surface area contributed by atoms with Crippen molar-refractivity contribution in [3.8, 4) is 28.7 Å². The van der Waals surface area contributed by atoms with Crippen LogP contribution in [0.3, 0.4) is 0 Å². The summed E-state index contributed by atoms with van der Waals surface area (Å²) in [7, 11) is 0. The molecule has 0 saturated carbocycles. The Hall–Kier alpha value is -5.53. The van der Waals surface area contributed by atoms with Crippen molar-refractivity contribution in [1.82, 2.24) is 0 Å². The van der Waals surface area contributed by atoms with E-state index in [9.17, 15) is 9.59 Å². The molecule has 0 heterocycles. The van der Waals surface area contributed by atoms with Gasteiger partial charge in [0.1, 0.15) is 28.7 Å². The summed E-state index contributed by atoms with van der Waals surface area (Å²) in [5.74, 6) is 2.20. The molecule has 0 amide bonds. The Labute approximate surface area is 393 Å². The monoisotopic (exact) mass is 892 g/mol. The molecule has 6 aromatic rings. The lowest BCUT2D eigenvalue weighted by Crippen LogP contribution is -2.11. The highest BCUT2D eigenvalue weighted by atomic mass is 32.1. The van der Waals surface area contributed by atoms with E-state index in [1.54, 1.807) is 48.5 Å². The number of carbonyl (C=O) groups excluding carboxylic acids is 2. The van der Waals surface area contributed by atoms with E-state index in [0.717, 1.165) is 62.7 Å². The van der Waals surface area contributed by atoms with E-state index in [0.29, 0.717) is 29.4 Å². The fraction of sp³-hybridized carbons (Fsp3) is 0.397. The predicted molar refractivity (Wildman–Crippen MR) is 271 cm³/mol. The lowest BCUT2D eigenvalue weighted by atomic mass is 10.0. The molecule has 0 fully saturated rings. The van der Waals surface area contributed by atoms with Gasteiger partial charge in [0.15, 0.2) is 0 Å². The maximum Gasteiger partial charge on any atom is 0.343 e. The van der Waals surface area contributed by atoms with E-state index in [4.69, 9.17) is 31.2 Å². The molecule has 0 aliphatic rings. The van der Waals surface area contributed by atoms with Crippen LogP contribution >= 0.6 is 12.2 Å². The van der Waals surface area contributed by atoms with Gasteiger partial charge in [0.05, 0.1) is 18.6 Å². The van der Waals surface area contributed by atoms with Gasteiger partial charge in [0.2, 0.25) is 0 Å². The van der Waals surface area contributed by atoms with Gasteiger partial charge >= 0.3 is 11.9 Å². The molecule has 65 heavy (non-hydrogen) atoms. The molecule has 0 aliphatic carbocycles. The van der Waals surface area contributed by atoms with Crippen LogP contribution in [0.4, 0.5) is 0 Å². The number of rotatable bonds is 29. The number of ether oxygens (including phenoxy) is 4. The first-order valence-corrected chi connectivity index (χ1v) is 24.8. The highest BCUT2D eigenvalue weighted by Crippen LogP contribution is 2.29. The van der Waals surface area contributed by atoms with E-state index in [2.05, 4.69) is 38.1 Å². The molecule has 0 N–H and O–H groups in total. The van der Waals surface area contributed by atoms with Crippen molar-refractivity contribution >= 4 is 50.6 Å². The Balaban J connectivity index is 0.902. The third kappa shape index (κ3) is 17.1. The number of esters is 2. The second-order valence-corrected chi connectivity index (χ2v) is 18.0. The Kier molecular flexibility index (Phi) is 20.4. The third-order valence-corrected chi connectivity index (χ3v) is 12.3. The number of hydrogen-bond donors (Lipinski definition) is 0. The number of carbonyl (C=O) groups is 2. The zero-order chi connectivity index (χ0) is 45.5. The molecule has 342 valence electrons. The van der Waals surface area contributed by atoms with Gasteiger partial charge in [-0.15, -0.1) is 0 Å². The minimum atomic E-state index is -0.473. The van der Waals surface area contributed by atoms with Crippen LogP contribution in [0, 0.1) is 0 Å². The van der Waals surface area contributed by atoms with Crippen LogP contribution in [-0.4, -0.2) is 23.4 Å². The standard InChI is InChI=1S/C58H68O6S/c1-3-5-7-9-11-12-13-14-15-16-18-20-56(65)39-45-21-24-48-42-54(31-27-46(48)38-45)62-52-33-35-53(36-34-52)64-58(60)50-26-25-49-43-55(32-28-47(49)41-50)63-57(59)40-44-22-29-51(30-23-44)61-37-19-17-10-8-6-4-2/h21-36,38,41-43H,3-20,37,39-40H2,1-2H3. The summed E-state index contributed by atoms with van der Waals surface area (Å²) in [5.41, 5.74) is 2.51. The van der Waals surface area contributed by atoms with E-state index in [1.165, 1.54) is 108 Å². The molecule has 0 aliphatic heterocycles. The Morgan fingerprint density at radius 3 is 1.60 bits per heavy atom. The highest BCUT2D eigenvalue weighted by Gasteiger charge is 2.13. The molecule has 0 atom stereocenters. The van der Waals surface area contributed by atoms with Gasteiger partial charge in [-0.3, -0.25) is 4.79 Å². The predicted octanol–water partition coefficient (Wildman–Crippen LogP) is 16.5. The maximum absolute atomic E-state index is 13.1. The van der Waals surface area contributed by atoms with Gasteiger partial charge in [0, 0.05) is 6.42 Å².